The van der Waals surface area contributed by atoms with Crippen LogP contribution in [-0.2, 0) is 11.2 Å². The lowest BCUT2D eigenvalue weighted by atomic mass is 10.2. The third-order valence-electron chi connectivity index (χ3n) is 3.24. The smallest absolute Gasteiger partial charge is 0.224 e. The van der Waals surface area contributed by atoms with Crippen LogP contribution in [0, 0.1) is 0 Å². The molecule has 116 valence electrons. The Morgan fingerprint density at radius 3 is 2.74 bits per heavy atom. The summed E-state index contributed by atoms with van der Waals surface area (Å²) in [6, 6.07) is 11.0. The Morgan fingerprint density at radius 1 is 1.17 bits per heavy atom. The van der Waals surface area contributed by atoms with Crippen molar-refractivity contribution in [1.29, 1.82) is 0 Å². The van der Waals surface area contributed by atoms with E-state index in [1.165, 1.54) is 0 Å². The first-order chi connectivity index (χ1) is 11.2. The van der Waals surface area contributed by atoms with Crippen molar-refractivity contribution >= 4 is 34.5 Å². The summed E-state index contributed by atoms with van der Waals surface area (Å²) in [5, 5.41) is 6.29. The SMILES string of the molecule is O=C(CCc1nc(-c2ccncc2)cs1)Nc1ccccc1Cl. The van der Waals surface area contributed by atoms with Crippen LogP contribution in [0.3, 0.4) is 0 Å². The second-order valence-corrected chi connectivity index (χ2v) is 6.24. The first-order valence-electron chi connectivity index (χ1n) is 7.11. The highest BCUT2D eigenvalue weighted by atomic mass is 35.5. The highest BCUT2D eigenvalue weighted by Gasteiger charge is 2.09. The molecule has 2 aromatic heterocycles. The maximum Gasteiger partial charge on any atom is 0.224 e. The summed E-state index contributed by atoms with van der Waals surface area (Å²) in [7, 11) is 0. The average Bonchev–Trinajstić information content (AvgIpc) is 3.05. The number of benzene rings is 1. The first kappa shape index (κ1) is 15.6. The van der Waals surface area contributed by atoms with Gasteiger partial charge in [-0.05, 0) is 24.3 Å². The van der Waals surface area contributed by atoms with Crippen LogP contribution in [0.5, 0.6) is 0 Å². The lowest BCUT2D eigenvalue weighted by Gasteiger charge is -2.05. The topological polar surface area (TPSA) is 54.9 Å². The molecule has 3 aromatic rings. The van der Waals surface area contributed by atoms with E-state index in [2.05, 4.69) is 15.3 Å². The van der Waals surface area contributed by atoms with E-state index in [4.69, 9.17) is 11.6 Å². The van der Waals surface area contributed by atoms with E-state index in [9.17, 15) is 4.79 Å². The molecule has 0 atom stereocenters. The molecule has 0 spiro atoms. The molecule has 23 heavy (non-hydrogen) atoms. The largest absolute Gasteiger partial charge is 0.325 e. The zero-order valence-electron chi connectivity index (χ0n) is 12.2. The van der Waals surface area contributed by atoms with Gasteiger partial charge in [0, 0.05) is 36.2 Å². The molecule has 0 saturated heterocycles. The average molecular weight is 344 g/mol. The Morgan fingerprint density at radius 2 is 1.96 bits per heavy atom. The van der Waals surface area contributed by atoms with Crippen molar-refractivity contribution in [2.24, 2.45) is 0 Å². The zero-order chi connectivity index (χ0) is 16.1. The number of aromatic nitrogens is 2. The van der Waals surface area contributed by atoms with Gasteiger partial charge in [0.2, 0.25) is 5.91 Å². The molecule has 1 amide bonds. The fourth-order valence-corrected chi connectivity index (χ4v) is 3.07. The summed E-state index contributed by atoms with van der Waals surface area (Å²) in [4.78, 5) is 20.6. The number of aryl methyl sites for hydroxylation is 1. The Labute approximate surface area is 143 Å². The third-order valence-corrected chi connectivity index (χ3v) is 4.48. The number of anilines is 1. The fourth-order valence-electron chi connectivity index (χ4n) is 2.08. The van der Waals surface area contributed by atoms with Crippen LogP contribution >= 0.6 is 22.9 Å². The summed E-state index contributed by atoms with van der Waals surface area (Å²) >= 11 is 7.58. The maximum atomic E-state index is 12.0. The number of amides is 1. The van der Waals surface area contributed by atoms with Crippen LogP contribution in [-0.4, -0.2) is 15.9 Å². The molecule has 2 heterocycles. The molecule has 0 aliphatic rings. The van der Waals surface area contributed by atoms with Gasteiger partial charge in [-0.3, -0.25) is 9.78 Å². The molecule has 3 rings (SSSR count). The molecule has 0 unspecified atom stereocenters. The lowest BCUT2D eigenvalue weighted by molar-refractivity contribution is -0.116. The van der Waals surface area contributed by atoms with Gasteiger partial charge in [-0.2, -0.15) is 0 Å². The predicted octanol–water partition coefficient (Wildman–Crippen LogP) is 4.43. The van der Waals surface area contributed by atoms with Gasteiger partial charge in [0.1, 0.15) is 0 Å². The number of carbonyl (C=O) groups is 1. The van der Waals surface area contributed by atoms with Gasteiger partial charge in [-0.25, -0.2) is 4.98 Å². The number of rotatable bonds is 5. The number of carbonyl (C=O) groups excluding carboxylic acids is 1. The number of nitrogens with zero attached hydrogens (tertiary/aromatic N) is 2. The summed E-state index contributed by atoms with van der Waals surface area (Å²) in [5.41, 5.74) is 2.58. The molecule has 0 saturated carbocycles. The normalized spacial score (nSPS) is 10.5. The van der Waals surface area contributed by atoms with Crippen molar-refractivity contribution in [1.82, 2.24) is 9.97 Å². The number of hydrogen-bond acceptors (Lipinski definition) is 4. The molecular weight excluding hydrogens is 330 g/mol. The van der Waals surface area contributed by atoms with Gasteiger partial charge >= 0.3 is 0 Å². The van der Waals surface area contributed by atoms with Crippen LogP contribution in [0.4, 0.5) is 5.69 Å². The highest BCUT2D eigenvalue weighted by Crippen LogP contribution is 2.23. The minimum Gasteiger partial charge on any atom is -0.325 e. The molecule has 0 bridgehead atoms. The fraction of sp³-hybridized carbons (Fsp3) is 0.118. The Balaban J connectivity index is 1.58. The molecular formula is C17H14ClN3OS. The Bertz CT molecular complexity index is 804. The van der Waals surface area contributed by atoms with Gasteiger partial charge in [-0.1, -0.05) is 23.7 Å². The summed E-state index contributed by atoms with van der Waals surface area (Å²) in [6.07, 6.45) is 4.46. The monoisotopic (exact) mass is 343 g/mol. The van der Waals surface area contributed by atoms with Gasteiger partial charge in [-0.15, -0.1) is 11.3 Å². The van der Waals surface area contributed by atoms with E-state index >= 15 is 0 Å². The predicted molar refractivity (Wildman–Crippen MR) is 93.7 cm³/mol. The number of thiazole rings is 1. The van der Waals surface area contributed by atoms with Crippen LogP contribution in [0.1, 0.15) is 11.4 Å². The van der Waals surface area contributed by atoms with E-state index in [-0.39, 0.29) is 5.91 Å². The van der Waals surface area contributed by atoms with Crippen molar-refractivity contribution in [2.45, 2.75) is 12.8 Å². The molecule has 6 heteroatoms. The number of halogens is 1. The first-order valence-corrected chi connectivity index (χ1v) is 8.37. The van der Waals surface area contributed by atoms with E-state index in [1.54, 1.807) is 35.9 Å². The maximum absolute atomic E-state index is 12.0. The second-order valence-electron chi connectivity index (χ2n) is 4.89. The van der Waals surface area contributed by atoms with Crippen molar-refractivity contribution in [3.8, 4) is 11.3 Å². The standard InChI is InChI=1S/C17H14ClN3OS/c18-13-3-1-2-4-14(13)20-16(22)5-6-17-21-15(11-23-17)12-7-9-19-10-8-12/h1-4,7-11H,5-6H2,(H,20,22). The Hall–Kier alpha value is -2.24. The molecule has 4 nitrogen and oxygen atoms in total. The van der Waals surface area contributed by atoms with Crippen molar-refractivity contribution in [3.63, 3.8) is 0 Å². The van der Waals surface area contributed by atoms with Crippen molar-refractivity contribution < 1.29 is 4.79 Å². The molecule has 0 aliphatic carbocycles. The van der Waals surface area contributed by atoms with Gasteiger partial charge < -0.3 is 5.32 Å². The van der Waals surface area contributed by atoms with Crippen LogP contribution in [0.15, 0.2) is 54.2 Å². The van der Waals surface area contributed by atoms with Gasteiger partial charge in [0.15, 0.2) is 0 Å². The van der Waals surface area contributed by atoms with E-state index < -0.39 is 0 Å². The lowest BCUT2D eigenvalue weighted by Crippen LogP contribution is -2.12. The molecule has 0 aliphatic heterocycles. The van der Waals surface area contributed by atoms with E-state index in [0.717, 1.165) is 16.3 Å². The van der Waals surface area contributed by atoms with Gasteiger partial charge in [0.25, 0.3) is 0 Å². The summed E-state index contributed by atoms with van der Waals surface area (Å²) in [5.74, 6) is -0.0706. The number of para-hydroxylation sites is 1. The molecule has 0 fully saturated rings. The minimum absolute atomic E-state index is 0.0706. The highest BCUT2D eigenvalue weighted by molar-refractivity contribution is 7.09. The van der Waals surface area contributed by atoms with Crippen LogP contribution < -0.4 is 5.32 Å². The van der Waals surface area contributed by atoms with Crippen molar-refractivity contribution in [3.05, 3.63) is 64.2 Å². The second kappa shape index (κ2) is 7.35. The van der Waals surface area contributed by atoms with Crippen LogP contribution in [0.25, 0.3) is 11.3 Å². The molecule has 1 N–H and O–H groups in total. The molecule has 1 aromatic carbocycles. The van der Waals surface area contributed by atoms with E-state index in [1.807, 2.05) is 29.6 Å². The zero-order valence-corrected chi connectivity index (χ0v) is 13.8. The number of pyridine rings is 1. The van der Waals surface area contributed by atoms with Gasteiger partial charge in [0.05, 0.1) is 21.4 Å². The quantitative estimate of drug-likeness (QED) is 0.745. The number of hydrogen-bond donors (Lipinski definition) is 1. The minimum atomic E-state index is -0.0706. The third kappa shape index (κ3) is 4.15. The summed E-state index contributed by atoms with van der Waals surface area (Å²) < 4.78 is 0. The number of nitrogens with one attached hydrogen (secondary N) is 1. The molecule has 0 radical (unpaired) electrons. The van der Waals surface area contributed by atoms with E-state index in [0.29, 0.717) is 23.6 Å². The Kier molecular flexibility index (Phi) is 5.00. The van der Waals surface area contributed by atoms with Crippen molar-refractivity contribution in [2.75, 3.05) is 5.32 Å². The summed E-state index contributed by atoms with van der Waals surface area (Å²) in [6.45, 7) is 0. The van der Waals surface area contributed by atoms with Crippen LogP contribution in [0.2, 0.25) is 5.02 Å².